The van der Waals surface area contributed by atoms with E-state index >= 15 is 0 Å². The highest BCUT2D eigenvalue weighted by atomic mass is 32.1. The topological polar surface area (TPSA) is 47.3 Å². The molecular formula is C16H22N2O2S. The van der Waals surface area contributed by atoms with Crippen molar-refractivity contribution < 1.29 is 9.15 Å². The van der Waals surface area contributed by atoms with E-state index in [0.29, 0.717) is 13.2 Å². The van der Waals surface area contributed by atoms with Crippen molar-refractivity contribution in [1.82, 2.24) is 10.3 Å². The second kappa shape index (κ2) is 6.73. The number of ether oxygens (including phenoxy) is 1. The molecule has 1 aliphatic carbocycles. The molecule has 0 amide bonds. The highest BCUT2D eigenvalue weighted by Crippen LogP contribution is 2.21. The molecule has 4 nitrogen and oxygen atoms in total. The number of hydrogen-bond donors (Lipinski definition) is 1. The Morgan fingerprint density at radius 1 is 1.43 bits per heavy atom. The summed E-state index contributed by atoms with van der Waals surface area (Å²) in [7, 11) is 0. The van der Waals surface area contributed by atoms with Gasteiger partial charge in [-0.25, -0.2) is 4.98 Å². The van der Waals surface area contributed by atoms with Crippen molar-refractivity contribution in [3.63, 3.8) is 0 Å². The summed E-state index contributed by atoms with van der Waals surface area (Å²) in [5, 5.41) is 3.51. The van der Waals surface area contributed by atoms with Crippen LogP contribution in [0.5, 0.6) is 0 Å². The molecule has 0 radical (unpaired) electrons. The van der Waals surface area contributed by atoms with Crippen LogP contribution in [0.2, 0.25) is 0 Å². The summed E-state index contributed by atoms with van der Waals surface area (Å²) < 4.78 is 11.5. The van der Waals surface area contributed by atoms with Gasteiger partial charge in [0.1, 0.15) is 18.1 Å². The van der Waals surface area contributed by atoms with E-state index in [2.05, 4.69) is 16.4 Å². The number of nitrogens with zero attached hydrogens (tertiary/aromatic N) is 1. The van der Waals surface area contributed by atoms with E-state index in [4.69, 9.17) is 9.15 Å². The van der Waals surface area contributed by atoms with Crippen LogP contribution in [0, 0.1) is 13.8 Å². The van der Waals surface area contributed by atoms with E-state index in [1.54, 1.807) is 11.3 Å². The molecule has 0 spiro atoms. The van der Waals surface area contributed by atoms with Gasteiger partial charge in [-0.15, -0.1) is 11.3 Å². The Balaban J connectivity index is 1.42. The average Bonchev–Trinajstić information content (AvgIpc) is 3.11. The zero-order valence-corrected chi connectivity index (χ0v) is 13.5. The molecule has 5 heteroatoms. The zero-order chi connectivity index (χ0) is 14.7. The predicted molar refractivity (Wildman–Crippen MR) is 83.5 cm³/mol. The first-order valence-corrected chi connectivity index (χ1v) is 8.38. The van der Waals surface area contributed by atoms with E-state index in [1.807, 2.05) is 19.4 Å². The number of hydrogen-bond acceptors (Lipinski definition) is 5. The van der Waals surface area contributed by atoms with Gasteiger partial charge in [0.2, 0.25) is 0 Å². The van der Waals surface area contributed by atoms with Crippen molar-refractivity contribution in [2.75, 3.05) is 6.61 Å². The van der Waals surface area contributed by atoms with Gasteiger partial charge in [-0.05, 0) is 32.8 Å². The summed E-state index contributed by atoms with van der Waals surface area (Å²) in [6.45, 7) is 6.22. The summed E-state index contributed by atoms with van der Waals surface area (Å²) in [5.41, 5.74) is 4.25. The lowest BCUT2D eigenvalue weighted by Gasteiger charge is -2.01. The number of rotatable bonds is 8. The van der Waals surface area contributed by atoms with Gasteiger partial charge in [-0.2, -0.15) is 0 Å². The van der Waals surface area contributed by atoms with E-state index in [9.17, 15) is 0 Å². The Hall–Kier alpha value is -1.17. The van der Waals surface area contributed by atoms with Crippen molar-refractivity contribution >= 4 is 11.3 Å². The molecular weight excluding hydrogens is 284 g/mol. The van der Waals surface area contributed by atoms with Crippen LogP contribution in [0.15, 0.2) is 16.0 Å². The Bertz CT molecular complexity index is 587. The van der Waals surface area contributed by atoms with Crippen molar-refractivity contribution in [3.05, 3.63) is 39.2 Å². The van der Waals surface area contributed by atoms with Crippen molar-refractivity contribution in [1.29, 1.82) is 0 Å². The molecule has 0 saturated heterocycles. The minimum Gasteiger partial charge on any atom is -0.464 e. The van der Waals surface area contributed by atoms with Crippen LogP contribution in [0.3, 0.4) is 0 Å². The fourth-order valence-corrected chi connectivity index (χ4v) is 3.04. The molecule has 0 aromatic carbocycles. The Morgan fingerprint density at radius 3 is 3.00 bits per heavy atom. The third-order valence-electron chi connectivity index (χ3n) is 3.79. The molecule has 1 aliphatic rings. The van der Waals surface area contributed by atoms with Crippen LogP contribution in [-0.2, 0) is 24.3 Å². The summed E-state index contributed by atoms with van der Waals surface area (Å²) in [6, 6.07) is 2.84. The first kappa shape index (κ1) is 14.8. The van der Waals surface area contributed by atoms with Crippen LogP contribution < -0.4 is 5.32 Å². The van der Waals surface area contributed by atoms with Gasteiger partial charge in [-0.3, -0.25) is 0 Å². The smallest absolute Gasteiger partial charge is 0.130 e. The molecule has 1 saturated carbocycles. The predicted octanol–water partition coefficient (Wildman–Crippen LogP) is 3.36. The third kappa shape index (κ3) is 4.15. The third-order valence-corrected chi connectivity index (χ3v) is 4.79. The molecule has 2 heterocycles. The van der Waals surface area contributed by atoms with Crippen LogP contribution in [-0.4, -0.2) is 17.6 Å². The normalized spacial score (nSPS) is 14.8. The number of thiazole rings is 1. The summed E-state index contributed by atoms with van der Waals surface area (Å²) in [6.07, 6.45) is 3.54. The average molecular weight is 306 g/mol. The van der Waals surface area contributed by atoms with Gasteiger partial charge in [0.05, 0.1) is 17.8 Å². The Morgan fingerprint density at radius 2 is 2.29 bits per heavy atom. The van der Waals surface area contributed by atoms with E-state index < -0.39 is 0 Å². The largest absolute Gasteiger partial charge is 0.464 e. The van der Waals surface area contributed by atoms with Crippen molar-refractivity contribution in [2.24, 2.45) is 0 Å². The summed E-state index contributed by atoms with van der Waals surface area (Å²) in [5.74, 6) is 1.92. The minimum absolute atomic E-state index is 0.544. The monoisotopic (exact) mass is 306 g/mol. The van der Waals surface area contributed by atoms with Gasteiger partial charge in [0, 0.05) is 29.4 Å². The molecule has 3 rings (SSSR count). The molecule has 114 valence electrons. The molecule has 0 atom stereocenters. The van der Waals surface area contributed by atoms with Crippen LogP contribution in [0.1, 0.15) is 40.5 Å². The lowest BCUT2D eigenvalue weighted by molar-refractivity contribution is 0.108. The number of nitrogens with one attached hydrogen (secondary N) is 1. The number of aromatic nitrogens is 1. The first-order valence-electron chi connectivity index (χ1n) is 7.50. The minimum atomic E-state index is 0.544. The maximum Gasteiger partial charge on any atom is 0.130 e. The molecule has 1 N–H and O–H groups in total. The number of furan rings is 1. The fourth-order valence-electron chi connectivity index (χ4n) is 2.28. The van der Waals surface area contributed by atoms with Gasteiger partial charge >= 0.3 is 0 Å². The van der Waals surface area contributed by atoms with Crippen LogP contribution >= 0.6 is 11.3 Å². The first-order chi connectivity index (χ1) is 10.2. The Labute approximate surface area is 129 Å². The maximum absolute atomic E-state index is 5.75. The van der Waals surface area contributed by atoms with Crippen LogP contribution in [0.25, 0.3) is 0 Å². The van der Waals surface area contributed by atoms with Gasteiger partial charge in [0.15, 0.2) is 0 Å². The van der Waals surface area contributed by atoms with Gasteiger partial charge < -0.3 is 14.5 Å². The molecule has 21 heavy (non-hydrogen) atoms. The SMILES string of the molecule is Cc1ncsc1CCOCc1cc(CNC2CC2)c(C)o1. The molecule has 0 aliphatic heterocycles. The number of aryl methyl sites for hydroxylation is 2. The van der Waals surface area contributed by atoms with Crippen LogP contribution in [0.4, 0.5) is 0 Å². The van der Waals surface area contributed by atoms with E-state index in [0.717, 1.165) is 36.2 Å². The molecule has 2 aromatic heterocycles. The van der Waals surface area contributed by atoms with Gasteiger partial charge in [-0.1, -0.05) is 0 Å². The standard InChI is InChI=1S/C16H22N2O2S/c1-11-16(21-10-18-11)5-6-19-9-15-7-13(12(2)20-15)8-17-14-3-4-14/h7,10,14,17H,3-6,8-9H2,1-2H3. The molecule has 1 fully saturated rings. The van der Waals surface area contributed by atoms with E-state index in [-0.39, 0.29) is 0 Å². The highest BCUT2D eigenvalue weighted by molar-refractivity contribution is 7.09. The lowest BCUT2D eigenvalue weighted by Crippen LogP contribution is -2.15. The zero-order valence-electron chi connectivity index (χ0n) is 12.6. The van der Waals surface area contributed by atoms with Crippen molar-refractivity contribution in [3.8, 4) is 0 Å². The molecule has 0 unspecified atom stereocenters. The maximum atomic E-state index is 5.75. The molecule has 0 bridgehead atoms. The second-order valence-corrected chi connectivity index (χ2v) is 6.55. The van der Waals surface area contributed by atoms with Crippen molar-refractivity contribution in [2.45, 2.75) is 52.3 Å². The van der Waals surface area contributed by atoms with E-state index in [1.165, 1.54) is 23.3 Å². The lowest BCUT2D eigenvalue weighted by atomic mass is 10.2. The summed E-state index contributed by atoms with van der Waals surface area (Å²) >= 11 is 1.69. The molecule has 2 aromatic rings. The second-order valence-electron chi connectivity index (χ2n) is 5.61. The van der Waals surface area contributed by atoms with Gasteiger partial charge in [0.25, 0.3) is 0 Å². The Kier molecular flexibility index (Phi) is 4.73. The fraction of sp³-hybridized carbons (Fsp3) is 0.562. The highest BCUT2D eigenvalue weighted by Gasteiger charge is 2.20. The summed E-state index contributed by atoms with van der Waals surface area (Å²) in [4.78, 5) is 5.55. The quantitative estimate of drug-likeness (QED) is 0.760.